The second-order valence-electron chi connectivity index (χ2n) is 2.98. The van der Waals surface area contributed by atoms with Gasteiger partial charge < -0.3 is 16.6 Å². The minimum atomic E-state index is -0.671. The smallest absolute Gasteiger partial charge is 0.165 e. The number of aromatic hydroxyl groups is 1. The van der Waals surface area contributed by atoms with E-state index in [9.17, 15) is 9.50 Å². The first-order chi connectivity index (χ1) is 6.57. The lowest BCUT2D eigenvalue weighted by molar-refractivity contribution is 0.418. The average molecular weight is 263 g/mol. The van der Waals surface area contributed by atoms with Crippen LogP contribution in [-0.2, 0) is 0 Å². The molecule has 0 saturated carbocycles. The van der Waals surface area contributed by atoms with Gasteiger partial charge in [-0.05, 0) is 25.1 Å². The Hall–Kier alpha value is -0.650. The molecule has 14 heavy (non-hydrogen) atoms. The molecule has 3 nitrogen and oxygen atoms in total. The van der Waals surface area contributed by atoms with Crippen molar-refractivity contribution in [1.29, 1.82) is 0 Å². The third-order valence-corrected chi connectivity index (χ3v) is 2.65. The van der Waals surface area contributed by atoms with Crippen molar-refractivity contribution in [3.63, 3.8) is 0 Å². The molecule has 5 N–H and O–H groups in total. The van der Waals surface area contributed by atoms with Crippen LogP contribution in [0.25, 0.3) is 0 Å². The zero-order valence-corrected chi connectivity index (χ0v) is 9.09. The lowest BCUT2D eigenvalue weighted by Crippen LogP contribution is -2.16. The van der Waals surface area contributed by atoms with Gasteiger partial charge in [0.05, 0.1) is 0 Å². The summed E-state index contributed by atoms with van der Waals surface area (Å²) in [7, 11) is 0. The second kappa shape index (κ2) is 4.72. The molecule has 0 unspecified atom stereocenters. The number of hydrogen-bond acceptors (Lipinski definition) is 3. The van der Waals surface area contributed by atoms with Crippen molar-refractivity contribution < 1.29 is 9.50 Å². The zero-order chi connectivity index (χ0) is 10.7. The van der Waals surface area contributed by atoms with Crippen molar-refractivity contribution in [2.45, 2.75) is 12.5 Å². The van der Waals surface area contributed by atoms with Crippen molar-refractivity contribution in [2.75, 3.05) is 6.54 Å². The van der Waals surface area contributed by atoms with Crippen LogP contribution in [0.15, 0.2) is 16.6 Å². The monoisotopic (exact) mass is 262 g/mol. The summed E-state index contributed by atoms with van der Waals surface area (Å²) in [4.78, 5) is 0. The lowest BCUT2D eigenvalue weighted by atomic mass is 10.0. The van der Waals surface area contributed by atoms with Gasteiger partial charge in [0.15, 0.2) is 11.6 Å². The Kier molecular flexibility index (Phi) is 3.86. The van der Waals surface area contributed by atoms with E-state index in [0.717, 1.165) is 0 Å². The maximum atomic E-state index is 13.0. The Morgan fingerprint density at radius 3 is 2.71 bits per heavy atom. The van der Waals surface area contributed by atoms with Gasteiger partial charge in [0.1, 0.15) is 0 Å². The molecule has 1 aromatic rings. The summed E-state index contributed by atoms with van der Waals surface area (Å²) in [6.45, 7) is 0.392. The van der Waals surface area contributed by atoms with E-state index in [2.05, 4.69) is 15.9 Å². The van der Waals surface area contributed by atoms with Crippen LogP contribution in [0.1, 0.15) is 18.0 Å². The van der Waals surface area contributed by atoms with Gasteiger partial charge in [0.2, 0.25) is 0 Å². The van der Waals surface area contributed by atoms with Crippen LogP contribution in [0, 0.1) is 5.82 Å². The molecular formula is C9H12BrFN2O. The van der Waals surface area contributed by atoms with Gasteiger partial charge in [0.25, 0.3) is 0 Å². The molecule has 0 aliphatic heterocycles. The Bertz CT molecular complexity index is 333. The first kappa shape index (κ1) is 11.4. The minimum absolute atomic E-state index is 0.371. The van der Waals surface area contributed by atoms with Crippen molar-refractivity contribution in [3.8, 4) is 5.75 Å². The molecule has 0 heterocycles. The highest BCUT2D eigenvalue weighted by atomic mass is 79.9. The van der Waals surface area contributed by atoms with Crippen LogP contribution in [0.4, 0.5) is 4.39 Å². The molecule has 0 aliphatic carbocycles. The predicted molar refractivity (Wildman–Crippen MR) is 56.4 cm³/mol. The molecule has 1 atom stereocenters. The van der Waals surface area contributed by atoms with Crippen LogP contribution in [0.3, 0.4) is 0 Å². The highest BCUT2D eigenvalue weighted by molar-refractivity contribution is 9.10. The SMILES string of the molecule is NCC[C@H](N)c1c(Br)ccc(F)c1O. The summed E-state index contributed by atoms with van der Waals surface area (Å²) in [6.07, 6.45) is 0.496. The number of hydrogen-bond donors (Lipinski definition) is 3. The van der Waals surface area contributed by atoms with E-state index in [-0.39, 0.29) is 0 Å². The molecule has 0 radical (unpaired) electrons. The number of benzene rings is 1. The summed E-state index contributed by atoms with van der Waals surface area (Å²) in [6, 6.07) is 2.24. The number of rotatable bonds is 3. The third kappa shape index (κ3) is 2.23. The largest absolute Gasteiger partial charge is 0.505 e. The topological polar surface area (TPSA) is 72.3 Å². The lowest BCUT2D eigenvalue weighted by Gasteiger charge is -2.14. The fourth-order valence-electron chi connectivity index (χ4n) is 1.23. The van der Waals surface area contributed by atoms with Crippen LogP contribution in [0.5, 0.6) is 5.75 Å². The quantitative estimate of drug-likeness (QED) is 0.776. The summed E-state index contributed by atoms with van der Waals surface area (Å²) >= 11 is 3.20. The maximum absolute atomic E-state index is 13.0. The number of phenols is 1. The van der Waals surface area contributed by atoms with Gasteiger partial charge in [-0.1, -0.05) is 15.9 Å². The van der Waals surface area contributed by atoms with Crippen molar-refractivity contribution >= 4 is 15.9 Å². The molecule has 0 aromatic heterocycles. The summed E-state index contributed by atoms with van der Waals surface area (Å²) in [5.74, 6) is -1.07. The van der Waals surface area contributed by atoms with Gasteiger partial charge in [-0.25, -0.2) is 4.39 Å². The fraction of sp³-hybridized carbons (Fsp3) is 0.333. The Morgan fingerprint density at radius 2 is 2.14 bits per heavy atom. The van der Waals surface area contributed by atoms with E-state index in [4.69, 9.17) is 11.5 Å². The van der Waals surface area contributed by atoms with E-state index in [1.54, 1.807) is 0 Å². The fourth-order valence-corrected chi connectivity index (χ4v) is 1.85. The van der Waals surface area contributed by atoms with E-state index < -0.39 is 17.6 Å². The van der Waals surface area contributed by atoms with Gasteiger partial charge in [-0.3, -0.25) is 0 Å². The van der Waals surface area contributed by atoms with E-state index in [1.165, 1.54) is 12.1 Å². The van der Waals surface area contributed by atoms with Gasteiger partial charge in [-0.15, -0.1) is 0 Å². The molecule has 0 fully saturated rings. The first-order valence-corrected chi connectivity index (χ1v) is 4.99. The molecular weight excluding hydrogens is 251 g/mol. The highest BCUT2D eigenvalue weighted by Gasteiger charge is 2.17. The van der Waals surface area contributed by atoms with Gasteiger partial charge >= 0.3 is 0 Å². The maximum Gasteiger partial charge on any atom is 0.165 e. The third-order valence-electron chi connectivity index (χ3n) is 1.96. The highest BCUT2D eigenvalue weighted by Crippen LogP contribution is 2.33. The van der Waals surface area contributed by atoms with Crippen molar-refractivity contribution in [3.05, 3.63) is 28.0 Å². The van der Waals surface area contributed by atoms with Crippen LogP contribution >= 0.6 is 15.9 Å². The van der Waals surface area contributed by atoms with Crippen molar-refractivity contribution in [1.82, 2.24) is 0 Å². The van der Waals surface area contributed by atoms with Gasteiger partial charge in [-0.2, -0.15) is 0 Å². The van der Waals surface area contributed by atoms with Crippen LogP contribution < -0.4 is 11.5 Å². The van der Waals surface area contributed by atoms with E-state index in [1.807, 2.05) is 0 Å². The molecule has 0 bridgehead atoms. The average Bonchev–Trinajstić information content (AvgIpc) is 2.13. The van der Waals surface area contributed by atoms with E-state index >= 15 is 0 Å². The molecule has 0 amide bonds. The van der Waals surface area contributed by atoms with E-state index in [0.29, 0.717) is 23.0 Å². The summed E-state index contributed by atoms with van der Waals surface area (Å²) < 4.78 is 13.6. The minimum Gasteiger partial charge on any atom is -0.505 e. The normalized spacial score (nSPS) is 12.9. The van der Waals surface area contributed by atoms with Gasteiger partial charge in [0, 0.05) is 16.1 Å². The number of phenolic OH excluding ortho intramolecular Hbond substituents is 1. The molecule has 1 aromatic carbocycles. The number of halogens is 2. The van der Waals surface area contributed by atoms with Crippen molar-refractivity contribution in [2.24, 2.45) is 11.5 Å². The Labute approximate surface area is 90.0 Å². The summed E-state index contributed by atoms with van der Waals surface area (Å²) in [5, 5.41) is 9.45. The zero-order valence-electron chi connectivity index (χ0n) is 7.50. The van der Waals surface area contributed by atoms with Crippen LogP contribution in [-0.4, -0.2) is 11.7 Å². The standard InChI is InChI=1S/C9H12BrFN2O/c10-5-1-2-6(11)9(14)8(5)7(13)3-4-12/h1-2,7,14H,3-4,12-13H2/t7-/m0/s1. The molecule has 0 saturated heterocycles. The Balaban J connectivity index is 3.11. The molecule has 0 spiro atoms. The molecule has 0 aliphatic rings. The summed E-state index contributed by atoms with van der Waals surface area (Å²) in [5.41, 5.74) is 11.4. The molecule has 78 valence electrons. The molecule has 1 rings (SSSR count). The second-order valence-corrected chi connectivity index (χ2v) is 3.83. The van der Waals surface area contributed by atoms with Crippen LogP contribution in [0.2, 0.25) is 0 Å². The predicted octanol–water partition coefficient (Wildman–Crippen LogP) is 1.64. The Morgan fingerprint density at radius 1 is 1.50 bits per heavy atom. The number of nitrogens with two attached hydrogens (primary N) is 2. The first-order valence-electron chi connectivity index (χ1n) is 4.20. The molecule has 5 heteroatoms.